The largest absolute Gasteiger partial charge is 0.361 e. The molecule has 1 aliphatic heterocycles. The Hall–Kier alpha value is -2.35. The number of thioether (sulfide) groups is 1. The van der Waals surface area contributed by atoms with Gasteiger partial charge in [-0.2, -0.15) is 0 Å². The predicted molar refractivity (Wildman–Crippen MR) is 93.2 cm³/mol. The van der Waals surface area contributed by atoms with Crippen LogP contribution >= 0.6 is 11.8 Å². The summed E-state index contributed by atoms with van der Waals surface area (Å²) in [6.07, 6.45) is 4.14. The Morgan fingerprint density at radius 3 is 3.16 bits per heavy atom. The SMILES string of the molecule is Cc1cc(CSc2ncccc2C(=O)NC2CCCCNC2=O)no1. The summed E-state index contributed by atoms with van der Waals surface area (Å²) in [5, 5.41) is 10.2. The maximum Gasteiger partial charge on any atom is 0.254 e. The second-order valence-electron chi connectivity index (χ2n) is 5.89. The number of amides is 2. The van der Waals surface area contributed by atoms with Crippen molar-refractivity contribution < 1.29 is 14.1 Å². The molecule has 1 aliphatic rings. The lowest BCUT2D eigenvalue weighted by molar-refractivity contribution is -0.122. The van der Waals surface area contributed by atoms with Crippen LogP contribution in [0.2, 0.25) is 0 Å². The molecule has 25 heavy (non-hydrogen) atoms. The number of carbonyl (C=O) groups is 2. The maximum absolute atomic E-state index is 12.6. The normalized spacial score (nSPS) is 17.6. The fourth-order valence-electron chi connectivity index (χ4n) is 2.62. The van der Waals surface area contributed by atoms with Gasteiger partial charge in [-0.15, -0.1) is 0 Å². The molecule has 1 atom stereocenters. The molecule has 0 spiro atoms. The minimum Gasteiger partial charge on any atom is -0.361 e. The summed E-state index contributed by atoms with van der Waals surface area (Å²) in [5.74, 6) is 0.892. The van der Waals surface area contributed by atoms with Crippen LogP contribution in [-0.2, 0) is 10.5 Å². The zero-order valence-corrected chi connectivity index (χ0v) is 14.8. The Labute approximate surface area is 149 Å². The molecule has 3 heterocycles. The number of nitrogens with zero attached hydrogens (tertiary/aromatic N) is 2. The molecule has 2 N–H and O–H groups in total. The Morgan fingerprint density at radius 2 is 2.36 bits per heavy atom. The van der Waals surface area contributed by atoms with Gasteiger partial charge in [-0.3, -0.25) is 9.59 Å². The van der Waals surface area contributed by atoms with Gasteiger partial charge < -0.3 is 15.2 Å². The molecule has 7 nitrogen and oxygen atoms in total. The number of nitrogens with one attached hydrogen (secondary N) is 2. The van der Waals surface area contributed by atoms with E-state index in [0.717, 1.165) is 24.3 Å². The van der Waals surface area contributed by atoms with Crippen molar-refractivity contribution in [2.75, 3.05) is 6.54 Å². The van der Waals surface area contributed by atoms with Crippen LogP contribution in [0.1, 0.15) is 41.1 Å². The van der Waals surface area contributed by atoms with Crippen LogP contribution in [-0.4, -0.2) is 34.5 Å². The van der Waals surface area contributed by atoms with E-state index in [9.17, 15) is 9.59 Å². The summed E-state index contributed by atoms with van der Waals surface area (Å²) < 4.78 is 5.05. The van der Waals surface area contributed by atoms with Gasteiger partial charge in [0.15, 0.2) is 0 Å². The highest BCUT2D eigenvalue weighted by Crippen LogP contribution is 2.24. The molecule has 3 rings (SSSR count). The van der Waals surface area contributed by atoms with Crippen molar-refractivity contribution in [1.29, 1.82) is 0 Å². The molecule has 0 radical (unpaired) electrons. The third-order valence-corrected chi connectivity index (χ3v) is 4.93. The van der Waals surface area contributed by atoms with Crippen molar-refractivity contribution in [2.45, 2.75) is 43.0 Å². The van der Waals surface area contributed by atoms with Gasteiger partial charge in [0, 0.05) is 24.6 Å². The highest BCUT2D eigenvalue weighted by molar-refractivity contribution is 7.98. The number of rotatable bonds is 5. The highest BCUT2D eigenvalue weighted by atomic mass is 32.2. The van der Waals surface area contributed by atoms with E-state index in [0.29, 0.717) is 29.3 Å². The summed E-state index contributed by atoms with van der Waals surface area (Å²) in [6.45, 7) is 2.49. The van der Waals surface area contributed by atoms with E-state index < -0.39 is 6.04 Å². The average Bonchev–Trinajstić information content (AvgIpc) is 2.93. The lowest BCUT2D eigenvalue weighted by Gasteiger charge is -2.16. The van der Waals surface area contributed by atoms with E-state index in [-0.39, 0.29) is 11.8 Å². The van der Waals surface area contributed by atoms with E-state index in [4.69, 9.17) is 4.52 Å². The average molecular weight is 360 g/mol. The molecule has 2 aromatic heterocycles. The van der Waals surface area contributed by atoms with Crippen LogP contribution in [0.15, 0.2) is 33.9 Å². The first-order valence-corrected chi connectivity index (χ1v) is 9.20. The van der Waals surface area contributed by atoms with Gasteiger partial charge in [0.2, 0.25) is 5.91 Å². The van der Waals surface area contributed by atoms with Crippen molar-refractivity contribution in [3.63, 3.8) is 0 Å². The van der Waals surface area contributed by atoms with E-state index >= 15 is 0 Å². The predicted octanol–water partition coefficient (Wildman–Crippen LogP) is 2.07. The van der Waals surface area contributed by atoms with E-state index in [1.54, 1.807) is 18.3 Å². The van der Waals surface area contributed by atoms with Gasteiger partial charge in [0.25, 0.3) is 5.91 Å². The summed E-state index contributed by atoms with van der Waals surface area (Å²) in [5.41, 5.74) is 1.26. The minimum atomic E-state index is -0.494. The van der Waals surface area contributed by atoms with Crippen molar-refractivity contribution in [3.8, 4) is 0 Å². The molecular formula is C17H20N4O3S. The summed E-state index contributed by atoms with van der Waals surface area (Å²) >= 11 is 1.41. The van der Waals surface area contributed by atoms with E-state index in [2.05, 4.69) is 20.8 Å². The maximum atomic E-state index is 12.6. The van der Waals surface area contributed by atoms with Crippen molar-refractivity contribution in [2.24, 2.45) is 0 Å². The zero-order chi connectivity index (χ0) is 17.6. The van der Waals surface area contributed by atoms with Crippen molar-refractivity contribution >= 4 is 23.6 Å². The van der Waals surface area contributed by atoms with Crippen LogP contribution < -0.4 is 10.6 Å². The first kappa shape index (κ1) is 17.5. The van der Waals surface area contributed by atoms with Gasteiger partial charge in [0.1, 0.15) is 16.8 Å². The fraction of sp³-hybridized carbons (Fsp3) is 0.412. The molecular weight excluding hydrogens is 340 g/mol. The molecule has 8 heteroatoms. The lowest BCUT2D eigenvalue weighted by atomic mass is 10.1. The smallest absolute Gasteiger partial charge is 0.254 e. The third-order valence-electron chi connectivity index (χ3n) is 3.89. The Kier molecular flexibility index (Phi) is 5.70. The number of pyridine rings is 1. The molecule has 132 valence electrons. The number of aromatic nitrogens is 2. The van der Waals surface area contributed by atoms with E-state index in [1.165, 1.54) is 11.8 Å². The van der Waals surface area contributed by atoms with Crippen LogP contribution in [0.25, 0.3) is 0 Å². The first-order valence-electron chi connectivity index (χ1n) is 8.22. The van der Waals surface area contributed by atoms with Crippen LogP contribution in [0.4, 0.5) is 0 Å². The first-order chi connectivity index (χ1) is 12.1. The number of hydrogen-bond acceptors (Lipinski definition) is 6. The summed E-state index contributed by atoms with van der Waals surface area (Å²) in [4.78, 5) is 28.9. The fourth-order valence-corrected chi connectivity index (χ4v) is 3.49. The number of carbonyl (C=O) groups excluding carboxylic acids is 2. The Balaban J connectivity index is 1.68. The molecule has 0 bridgehead atoms. The molecule has 2 aromatic rings. The zero-order valence-electron chi connectivity index (χ0n) is 13.9. The molecule has 0 saturated carbocycles. The van der Waals surface area contributed by atoms with E-state index in [1.807, 2.05) is 13.0 Å². The highest BCUT2D eigenvalue weighted by Gasteiger charge is 2.24. The van der Waals surface area contributed by atoms with Gasteiger partial charge in [-0.25, -0.2) is 4.98 Å². The number of aryl methyl sites for hydroxylation is 1. The number of hydrogen-bond donors (Lipinski definition) is 2. The second-order valence-corrected chi connectivity index (χ2v) is 6.85. The minimum absolute atomic E-state index is 0.123. The molecule has 1 saturated heterocycles. The Morgan fingerprint density at radius 1 is 1.48 bits per heavy atom. The summed E-state index contributed by atoms with van der Waals surface area (Å²) in [6, 6.07) is 4.79. The lowest BCUT2D eigenvalue weighted by Crippen LogP contribution is -2.45. The monoisotopic (exact) mass is 360 g/mol. The van der Waals surface area contributed by atoms with Gasteiger partial charge in [-0.1, -0.05) is 16.9 Å². The Bertz CT molecular complexity index is 762. The molecule has 1 fully saturated rings. The van der Waals surface area contributed by atoms with Gasteiger partial charge in [-0.05, 0) is 38.3 Å². The summed E-state index contributed by atoms with van der Waals surface area (Å²) in [7, 11) is 0. The second kappa shape index (κ2) is 8.15. The molecule has 1 unspecified atom stereocenters. The third kappa shape index (κ3) is 4.60. The molecule has 2 amide bonds. The molecule has 0 aliphatic carbocycles. The topological polar surface area (TPSA) is 97.1 Å². The quantitative estimate of drug-likeness (QED) is 0.792. The van der Waals surface area contributed by atoms with Gasteiger partial charge in [0.05, 0.1) is 11.3 Å². The van der Waals surface area contributed by atoms with Crippen LogP contribution in [0.5, 0.6) is 0 Å². The van der Waals surface area contributed by atoms with Crippen LogP contribution in [0.3, 0.4) is 0 Å². The standard InChI is InChI=1S/C17H20N4O3S/c1-11-9-12(21-24-11)10-25-17-13(5-4-8-19-17)15(22)20-14-6-2-3-7-18-16(14)23/h4-5,8-9,14H,2-3,6-7,10H2,1H3,(H,18,23)(H,20,22). The van der Waals surface area contributed by atoms with Crippen LogP contribution in [0, 0.1) is 6.92 Å². The molecule has 0 aromatic carbocycles. The van der Waals surface area contributed by atoms with Crippen molar-refractivity contribution in [3.05, 3.63) is 41.4 Å². The van der Waals surface area contributed by atoms with Crippen molar-refractivity contribution in [1.82, 2.24) is 20.8 Å². The van der Waals surface area contributed by atoms with Gasteiger partial charge >= 0.3 is 0 Å².